The second kappa shape index (κ2) is 13.4. The molecule has 0 spiro atoms. The molecule has 0 bridgehead atoms. The van der Waals surface area contributed by atoms with E-state index in [9.17, 15) is 9.59 Å². The van der Waals surface area contributed by atoms with Crippen LogP contribution in [0, 0.1) is 5.92 Å². The third-order valence-electron chi connectivity index (χ3n) is 8.31. The molecule has 1 atom stereocenters. The van der Waals surface area contributed by atoms with Crippen LogP contribution in [0.2, 0.25) is 0 Å². The lowest BCUT2D eigenvalue weighted by atomic mass is 9.95. The van der Waals surface area contributed by atoms with Gasteiger partial charge < -0.3 is 15.1 Å². The van der Waals surface area contributed by atoms with Gasteiger partial charge in [0.1, 0.15) is 0 Å². The minimum absolute atomic E-state index is 0.0473. The average Bonchev–Trinajstić information content (AvgIpc) is 3.43. The molecule has 1 aromatic rings. The summed E-state index contributed by atoms with van der Waals surface area (Å²) in [5, 5.41) is 3.28. The van der Waals surface area contributed by atoms with Gasteiger partial charge in [0.25, 0.3) is 5.91 Å². The molecule has 3 aliphatic rings. The third kappa shape index (κ3) is 7.29. The number of piperazine rings is 1. The predicted molar refractivity (Wildman–Crippen MR) is 142 cm³/mol. The molecule has 0 aromatic heterocycles. The zero-order valence-corrected chi connectivity index (χ0v) is 21.9. The van der Waals surface area contributed by atoms with Crippen molar-refractivity contribution in [2.24, 2.45) is 5.92 Å². The Bertz CT molecular complexity index is 791. The van der Waals surface area contributed by atoms with E-state index < -0.39 is 0 Å². The summed E-state index contributed by atoms with van der Waals surface area (Å²) in [4.78, 5) is 33.3. The Labute approximate surface area is 212 Å². The summed E-state index contributed by atoms with van der Waals surface area (Å²) < 4.78 is 0. The highest BCUT2D eigenvalue weighted by molar-refractivity contribution is 5.94. The number of hydrogen-bond donors (Lipinski definition) is 1. The number of aryl methyl sites for hydroxylation is 1. The van der Waals surface area contributed by atoms with Gasteiger partial charge in [-0.2, -0.15) is 0 Å². The van der Waals surface area contributed by atoms with Crippen LogP contribution in [0.25, 0.3) is 0 Å². The van der Waals surface area contributed by atoms with Gasteiger partial charge in [0.2, 0.25) is 5.91 Å². The van der Waals surface area contributed by atoms with Crippen LogP contribution in [0.15, 0.2) is 24.3 Å². The fourth-order valence-electron chi connectivity index (χ4n) is 6.16. The fraction of sp³-hybridized carbons (Fsp3) is 0.724. The number of carbonyl (C=O) groups is 2. The Morgan fingerprint density at radius 3 is 2.26 bits per heavy atom. The molecule has 6 heteroatoms. The summed E-state index contributed by atoms with van der Waals surface area (Å²) in [5.74, 6) is 0.773. The molecular formula is C29H46N4O2. The second-order valence-corrected chi connectivity index (χ2v) is 10.8. The molecule has 2 aliphatic heterocycles. The summed E-state index contributed by atoms with van der Waals surface area (Å²) in [6.45, 7) is 9.19. The van der Waals surface area contributed by atoms with Gasteiger partial charge in [-0.1, -0.05) is 44.7 Å². The van der Waals surface area contributed by atoms with Crippen molar-refractivity contribution in [2.45, 2.75) is 77.2 Å². The van der Waals surface area contributed by atoms with Crippen molar-refractivity contribution >= 4 is 11.8 Å². The van der Waals surface area contributed by atoms with Gasteiger partial charge in [-0.15, -0.1) is 0 Å². The molecule has 2 amide bonds. The van der Waals surface area contributed by atoms with E-state index in [4.69, 9.17) is 0 Å². The minimum atomic E-state index is -0.0473. The largest absolute Gasteiger partial charge is 0.353 e. The van der Waals surface area contributed by atoms with Gasteiger partial charge in [-0.05, 0) is 75.2 Å². The monoisotopic (exact) mass is 482 g/mol. The van der Waals surface area contributed by atoms with E-state index in [1.807, 2.05) is 17.0 Å². The number of carbonyl (C=O) groups excluding carboxylic acids is 2. The molecule has 2 saturated heterocycles. The molecule has 0 radical (unpaired) electrons. The maximum absolute atomic E-state index is 13.4. The zero-order chi connectivity index (χ0) is 24.5. The predicted octanol–water partition coefficient (Wildman–Crippen LogP) is 3.95. The molecule has 4 rings (SSSR count). The van der Waals surface area contributed by atoms with Crippen LogP contribution in [0.3, 0.4) is 0 Å². The first-order chi connectivity index (χ1) is 17.2. The first-order valence-corrected chi connectivity index (χ1v) is 14.3. The van der Waals surface area contributed by atoms with Gasteiger partial charge in [0.15, 0.2) is 0 Å². The Hall–Kier alpha value is -1.92. The molecule has 194 valence electrons. The topological polar surface area (TPSA) is 55.9 Å². The van der Waals surface area contributed by atoms with Gasteiger partial charge in [-0.25, -0.2) is 0 Å². The third-order valence-corrected chi connectivity index (χ3v) is 8.31. The number of benzene rings is 1. The van der Waals surface area contributed by atoms with Crippen molar-refractivity contribution in [2.75, 3.05) is 52.4 Å². The maximum atomic E-state index is 13.4. The van der Waals surface area contributed by atoms with Gasteiger partial charge >= 0.3 is 0 Å². The van der Waals surface area contributed by atoms with E-state index in [-0.39, 0.29) is 17.9 Å². The van der Waals surface area contributed by atoms with Crippen molar-refractivity contribution in [1.29, 1.82) is 0 Å². The zero-order valence-electron chi connectivity index (χ0n) is 21.9. The van der Waals surface area contributed by atoms with Crippen molar-refractivity contribution in [3.8, 4) is 0 Å². The van der Waals surface area contributed by atoms with Crippen molar-refractivity contribution < 1.29 is 9.59 Å². The first kappa shape index (κ1) is 26.2. The number of nitrogens with one attached hydrogen (secondary N) is 1. The van der Waals surface area contributed by atoms with Gasteiger partial charge in [0, 0.05) is 44.8 Å². The standard InChI is InChI=1S/C29H46N4O2/c1-2-3-9-24-12-14-26(15-13-24)29(35)33-22-20-32(21-23-33)27(25-10-5-6-11-25)28(34)30-16-19-31-17-7-4-8-18-31/h12-15,25,27H,2-11,16-23H2,1H3,(H,30,34). The second-order valence-electron chi connectivity index (χ2n) is 10.8. The summed E-state index contributed by atoms with van der Waals surface area (Å²) in [5.41, 5.74) is 2.08. The highest BCUT2D eigenvalue weighted by Crippen LogP contribution is 2.31. The minimum Gasteiger partial charge on any atom is -0.353 e. The van der Waals surface area contributed by atoms with Crippen LogP contribution in [-0.4, -0.2) is 84.9 Å². The number of unbranched alkanes of at least 4 members (excludes halogenated alkanes) is 1. The fourth-order valence-corrected chi connectivity index (χ4v) is 6.16. The van der Waals surface area contributed by atoms with Crippen molar-refractivity contribution in [3.05, 3.63) is 35.4 Å². The number of nitrogens with zero attached hydrogens (tertiary/aromatic N) is 3. The van der Waals surface area contributed by atoms with E-state index in [2.05, 4.69) is 34.2 Å². The quantitative estimate of drug-likeness (QED) is 0.549. The van der Waals surface area contributed by atoms with E-state index in [1.54, 1.807) is 0 Å². The molecule has 6 nitrogen and oxygen atoms in total. The highest BCUT2D eigenvalue weighted by Gasteiger charge is 2.37. The lowest BCUT2D eigenvalue weighted by Gasteiger charge is -2.41. The van der Waals surface area contributed by atoms with Gasteiger partial charge in [-0.3, -0.25) is 14.5 Å². The van der Waals surface area contributed by atoms with E-state index >= 15 is 0 Å². The molecule has 1 aromatic carbocycles. The van der Waals surface area contributed by atoms with Crippen LogP contribution in [0.5, 0.6) is 0 Å². The molecule has 1 N–H and O–H groups in total. The van der Waals surface area contributed by atoms with Gasteiger partial charge in [0.05, 0.1) is 6.04 Å². The number of likely N-dealkylation sites (tertiary alicyclic amines) is 1. The molecule has 3 fully saturated rings. The molecule has 1 unspecified atom stereocenters. The molecule has 1 saturated carbocycles. The van der Waals surface area contributed by atoms with Crippen LogP contribution in [0.4, 0.5) is 0 Å². The number of rotatable bonds is 10. The van der Waals surface area contributed by atoms with Crippen LogP contribution < -0.4 is 5.32 Å². The summed E-state index contributed by atoms with van der Waals surface area (Å²) in [6.07, 6.45) is 12.1. The SMILES string of the molecule is CCCCc1ccc(C(=O)N2CCN(C(C(=O)NCCN3CCCCC3)C3CCCC3)CC2)cc1. The normalized spacial score (nSPS) is 21.2. The average molecular weight is 483 g/mol. The Morgan fingerprint density at radius 2 is 1.60 bits per heavy atom. The molecular weight excluding hydrogens is 436 g/mol. The van der Waals surface area contributed by atoms with Crippen LogP contribution in [0.1, 0.15) is 80.6 Å². The lowest BCUT2D eigenvalue weighted by Crippen LogP contribution is -2.58. The Morgan fingerprint density at radius 1 is 0.914 bits per heavy atom. The molecule has 2 heterocycles. The van der Waals surface area contributed by atoms with Crippen LogP contribution in [-0.2, 0) is 11.2 Å². The van der Waals surface area contributed by atoms with Crippen molar-refractivity contribution in [3.63, 3.8) is 0 Å². The Kier molecular flexibility index (Phi) is 10.0. The summed E-state index contributed by atoms with van der Waals surface area (Å²) in [6, 6.07) is 8.12. The molecule has 35 heavy (non-hydrogen) atoms. The lowest BCUT2D eigenvalue weighted by molar-refractivity contribution is -0.129. The first-order valence-electron chi connectivity index (χ1n) is 14.3. The highest BCUT2D eigenvalue weighted by atomic mass is 16.2. The molecule has 1 aliphatic carbocycles. The number of hydrogen-bond acceptors (Lipinski definition) is 4. The van der Waals surface area contributed by atoms with E-state index in [0.29, 0.717) is 19.0 Å². The number of amides is 2. The smallest absolute Gasteiger partial charge is 0.253 e. The van der Waals surface area contributed by atoms with E-state index in [0.717, 1.165) is 51.0 Å². The Balaban J connectivity index is 1.29. The van der Waals surface area contributed by atoms with Crippen LogP contribution >= 0.6 is 0 Å². The van der Waals surface area contributed by atoms with Crippen molar-refractivity contribution in [1.82, 2.24) is 20.0 Å². The summed E-state index contributed by atoms with van der Waals surface area (Å²) in [7, 11) is 0. The number of piperidine rings is 1. The maximum Gasteiger partial charge on any atom is 0.253 e. The van der Waals surface area contributed by atoms with E-state index in [1.165, 1.54) is 63.6 Å². The summed E-state index contributed by atoms with van der Waals surface area (Å²) >= 11 is 0.